The number of anilines is 2. The molecule has 2 aromatic carbocycles. The molecule has 1 aliphatic carbocycles. The Labute approximate surface area is 207 Å². The molecule has 5 rings (SSSR count). The summed E-state index contributed by atoms with van der Waals surface area (Å²) in [5.41, 5.74) is 3.66. The van der Waals surface area contributed by atoms with Gasteiger partial charge in [-0.1, -0.05) is 42.5 Å². The molecule has 4 aromatic rings. The monoisotopic (exact) mass is 491 g/mol. The minimum Gasteiger partial charge on any atom is -0.396 e. The Hall–Kier alpha value is -3.11. The van der Waals surface area contributed by atoms with Crippen LogP contribution in [0.2, 0.25) is 0 Å². The maximum Gasteiger partial charge on any atom is 0.224 e. The maximum atomic E-state index is 10.6. The second-order valence-corrected chi connectivity index (χ2v) is 9.95. The summed E-state index contributed by atoms with van der Waals surface area (Å²) in [7, 11) is 0. The van der Waals surface area contributed by atoms with Crippen LogP contribution in [0.15, 0.2) is 54.6 Å². The number of hydrogen-bond acceptors (Lipinski definition) is 9. The van der Waals surface area contributed by atoms with Crippen molar-refractivity contribution in [3.05, 3.63) is 65.9 Å². The molecule has 9 heteroatoms. The third kappa shape index (κ3) is 4.99. The van der Waals surface area contributed by atoms with Crippen LogP contribution < -0.4 is 10.6 Å². The zero-order chi connectivity index (χ0) is 24.4. The first-order valence-corrected chi connectivity index (χ1v) is 12.6. The molecular weight excluding hydrogens is 462 g/mol. The average molecular weight is 492 g/mol. The number of aliphatic hydroxyl groups is 3. The number of benzene rings is 2. The van der Waals surface area contributed by atoms with E-state index in [0.717, 1.165) is 32.9 Å². The molecule has 0 spiro atoms. The molecule has 0 unspecified atom stereocenters. The van der Waals surface area contributed by atoms with Crippen LogP contribution in [-0.2, 0) is 6.42 Å². The molecule has 2 aromatic heterocycles. The molecule has 1 aliphatic rings. The molecule has 0 saturated heterocycles. The lowest BCUT2D eigenvalue weighted by atomic mass is 10.1. The van der Waals surface area contributed by atoms with Crippen LogP contribution in [-0.4, -0.2) is 61.7 Å². The maximum absolute atomic E-state index is 10.6. The van der Waals surface area contributed by atoms with Gasteiger partial charge in [0, 0.05) is 19.1 Å². The molecule has 5 N–H and O–H groups in total. The molecule has 0 radical (unpaired) electrons. The van der Waals surface area contributed by atoms with E-state index in [0.29, 0.717) is 24.7 Å². The smallest absolute Gasteiger partial charge is 0.224 e. The fraction of sp³-hybridized carbons (Fsp3) is 0.346. The van der Waals surface area contributed by atoms with Crippen LogP contribution in [0, 0.1) is 12.8 Å². The normalized spacial score (nSPS) is 21.9. The van der Waals surface area contributed by atoms with Crippen LogP contribution >= 0.6 is 11.3 Å². The van der Waals surface area contributed by atoms with Crippen LogP contribution in [0.4, 0.5) is 11.8 Å². The molecule has 0 bridgehead atoms. The Morgan fingerprint density at radius 2 is 1.74 bits per heavy atom. The number of fused-ring (bicyclic) bond motifs is 1. The summed E-state index contributed by atoms with van der Waals surface area (Å²) < 4.78 is 1.06. The first kappa shape index (κ1) is 23.6. The lowest BCUT2D eigenvalue weighted by Gasteiger charge is -2.21. The first-order chi connectivity index (χ1) is 17.0. The number of rotatable bonds is 8. The van der Waals surface area contributed by atoms with E-state index in [1.54, 1.807) is 11.3 Å². The van der Waals surface area contributed by atoms with Crippen molar-refractivity contribution in [3.8, 4) is 10.6 Å². The molecule has 8 nitrogen and oxygen atoms in total. The van der Waals surface area contributed by atoms with E-state index in [9.17, 15) is 15.3 Å². The Morgan fingerprint density at radius 3 is 2.49 bits per heavy atom. The van der Waals surface area contributed by atoms with Gasteiger partial charge in [0.05, 0.1) is 33.6 Å². The van der Waals surface area contributed by atoms with E-state index in [1.807, 2.05) is 49.4 Å². The summed E-state index contributed by atoms with van der Waals surface area (Å²) in [6.45, 7) is 2.41. The number of para-hydroxylation sites is 1. The standard InChI is InChI=1S/C26H29N5O3S/c1-15-21(25-30-18-9-5-6-10-20(18)35-25)24(29-19-13-17(14-32)22(33)23(19)34)31-26(28-15)27-12-11-16-7-3-2-4-8-16/h2-10,17,19,22-23,32-34H,11-14H2,1H3,(H2,27,28,29,31)/t17-,19-,22-,23+/m1/s1. The summed E-state index contributed by atoms with van der Waals surface area (Å²) in [5.74, 6) is 0.644. The lowest BCUT2D eigenvalue weighted by molar-refractivity contribution is 0.00446. The highest BCUT2D eigenvalue weighted by molar-refractivity contribution is 7.21. The minimum absolute atomic E-state index is 0.184. The lowest BCUT2D eigenvalue weighted by Crippen LogP contribution is -2.35. The molecule has 1 fully saturated rings. The summed E-state index contributed by atoms with van der Waals surface area (Å²) in [6, 6.07) is 17.7. The Bertz CT molecular complexity index is 1270. The van der Waals surface area contributed by atoms with E-state index < -0.39 is 18.2 Å². The number of aryl methyl sites for hydroxylation is 1. The number of aromatic nitrogens is 3. The molecule has 0 amide bonds. The van der Waals surface area contributed by atoms with Crippen molar-refractivity contribution >= 4 is 33.3 Å². The molecular formula is C26H29N5O3S. The quantitative estimate of drug-likeness (QED) is 0.255. The number of thiazole rings is 1. The van der Waals surface area contributed by atoms with Gasteiger partial charge in [-0.2, -0.15) is 4.98 Å². The van der Waals surface area contributed by atoms with Gasteiger partial charge in [-0.05, 0) is 37.5 Å². The minimum atomic E-state index is -1.01. The molecule has 2 heterocycles. The summed E-state index contributed by atoms with van der Waals surface area (Å²) in [6.07, 6.45) is -0.745. The number of nitrogens with one attached hydrogen (secondary N) is 2. The predicted octanol–water partition coefficient (Wildman–Crippen LogP) is 3.23. The number of aliphatic hydroxyl groups excluding tert-OH is 3. The third-order valence-electron chi connectivity index (χ3n) is 6.50. The highest BCUT2D eigenvalue weighted by Crippen LogP contribution is 2.38. The Kier molecular flexibility index (Phi) is 6.92. The zero-order valence-corrected chi connectivity index (χ0v) is 20.2. The predicted molar refractivity (Wildman–Crippen MR) is 139 cm³/mol. The van der Waals surface area contributed by atoms with Crippen molar-refractivity contribution < 1.29 is 15.3 Å². The van der Waals surface area contributed by atoms with Gasteiger partial charge in [0.15, 0.2) is 0 Å². The van der Waals surface area contributed by atoms with Gasteiger partial charge in [0.2, 0.25) is 5.95 Å². The first-order valence-electron chi connectivity index (χ1n) is 11.8. The van der Waals surface area contributed by atoms with E-state index in [2.05, 4.69) is 22.8 Å². The van der Waals surface area contributed by atoms with Gasteiger partial charge in [-0.25, -0.2) is 9.97 Å². The van der Waals surface area contributed by atoms with Gasteiger partial charge >= 0.3 is 0 Å². The van der Waals surface area contributed by atoms with Crippen LogP contribution in [0.1, 0.15) is 17.7 Å². The highest BCUT2D eigenvalue weighted by atomic mass is 32.1. The van der Waals surface area contributed by atoms with Gasteiger partial charge in [-0.15, -0.1) is 11.3 Å². The SMILES string of the molecule is Cc1nc(NCCc2ccccc2)nc(N[C@@H]2C[C@H](CO)[C@@H](O)[C@H]2O)c1-c1nc2ccccc2s1. The number of hydrogen-bond donors (Lipinski definition) is 5. The molecule has 1 saturated carbocycles. The molecule has 182 valence electrons. The van der Waals surface area contributed by atoms with Gasteiger partial charge < -0.3 is 26.0 Å². The van der Waals surface area contributed by atoms with E-state index >= 15 is 0 Å². The average Bonchev–Trinajstić information content (AvgIpc) is 3.40. The van der Waals surface area contributed by atoms with Crippen molar-refractivity contribution in [1.29, 1.82) is 0 Å². The third-order valence-corrected chi connectivity index (χ3v) is 7.55. The topological polar surface area (TPSA) is 123 Å². The highest BCUT2D eigenvalue weighted by Gasteiger charge is 2.41. The van der Waals surface area contributed by atoms with E-state index in [-0.39, 0.29) is 12.5 Å². The summed E-state index contributed by atoms with van der Waals surface area (Å²) in [4.78, 5) is 14.3. The molecule has 0 aliphatic heterocycles. The van der Waals surface area contributed by atoms with E-state index in [4.69, 9.17) is 15.0 Å². The fourth-order valence-corrected chi connectivity index (χ4v) is 5.64. The molecule has 4 atom stereocenters. The second-order valence-electron chi connectivity index (χ2n) is 8.92. The van der Waals surface area contributed by atoms with Crippen molar-refractivity contribution in [2.24, 2.45) is 5.92 Å². The summed E-state index contributed by atoms with van der Waals surface area (Å²) in [5, 5.41) is 37.9. The van der Waals surface area contributed by atoms with Crippen molar-refractivity contribution in [2.45, 2.75) is 38.0 Å². The van der Waals surface area contributed by atoms with Gasteiger partial charge in [-0.3, -0.25) is 0 Å². The zero-order valence-electron chi connectivity index (χ0n) is 19.4. The van der Waals surface area contributed by atoms with Crippen molar-refractivity contribution in [1.82, 2.24) is 15.0 Å². The fourth-order valence-electron chi connectivity index (χ4n) is 4.58. The van der Waals surface area contributed by atoms with Crippen LogP contribution in [0.25, 0.3) is 20.8 Å². The van der Waals surface area contributed by atoms with Gasteiger partial charge in [0.1, 0.15) is 16.9 Å². The molecule has 35 heavy (non-hydrogen) atoms. The van der Waals surface area contributed by atoms with Gasteiger partial charge in [0.25, 0.3) is 0 Å². The van der Waals surface area contributed by atoms with Crippen LogP contribution in [0.5, 0.6) is 0 Å². The largest absolute Gasteiger partial charge is 0.396 e. The Balaban J connectivity index is 1.46. The second kappa shape index (κ2) is 10.2. The van der Waals surface area contributed by atoms with Crippen molar-refractivity contribution in [3.63, 3.8) is 0 Å². The van der Waals surface area contributed by atoms with Crippen LogP contribution in [0.3, 0.4) is 0 Å². The van der Waals surface area contributed by atoms with Crippen molar-refractivity contribution in [2.75, 3.05) is 23.8 Å². The Morgan fingerprint density at radius 1 is 0.971 bits per heavy atom. The van der Waals surface area contributed by atoms with E-state index in [1.165, 1.54) is 5.56 Å². The number of nitrogens with zero attached hydrogens (tertiary/aromatic N) is 3. The summed E-state index contributed by atoms with van der Waals surface area (Å²) >= 11 is 1.56.